The van der Waals surface area contributed by atoms with E-state index in [1.54, 1.807) is 0 Å². The van der Waals surface area contributed by atoms with Gasteiger partial charge in [0.1, 0.15) is 0 Å². The molecule has 0 aliphatic carbocycles. The molecule has 2 nitrogen and oxygen atoms in total. The lowest BCUT2D eigenvalue weighted by Crippen LogP contribution is -2.07. The van der Waals surface area contributed by atoms with E-state index < -0.39 is 0 Å². The van der Waals surface area contributed by atoms with Crippen molar-refractivity contribution in [1.29, 1.82) is 0 Å². The Hall–Kier alpha value is -1.28. The van der Waals surface area contributed by atoms with E-state index in [9.17, 15) is 0 Å². The van der Waals surface area contributed by atoms with Gasteiger partial charge < -0.3 is 10.3 Å². The second-order valence-electron chi connectivity index (χ2n) is 4.23. The molecule has 15 heavy (non-hydrogen) atoms. The van der Waals surface area contributed by atoms with Crippen LogP contribution in [0.15, 0.2) is 24.4 Å². The molecule has 0 aliphatic rings. The second-order valence-corrected chi connectivity index (χ2v) is 4.23. The third-order valence-electron chi connectivity index (χ3n) is 3.02. The van der Waals surface area contributed by atoms with E-state index >= 15 is 0 Å². The smallest absolute Gasteiger partial charge is 0.0483 e. The predicted octanol–water partition coefficient (Wildman–Crippen LogP) is 2.90. The molecule has 80 valence electrons. The number of aryl methyl sites for hydroxylation is 2. The molecule has 0 unspecified atom stereocenters. The largest absolute Gasteiger partial charge is 0.350 e. The molecule has 0 aliphatic heterocycles. The molecule has 0 bridgehead atoms. The van der Waals surface area contributed by atoms with Crippen molar-refractivity contribution < 1.29 is 0 Å². The molecule has 0 fully saturated rings. The van der Waals surface area contributed by atoms with Gasteiger partial charge in [0.15, 0.2) is 0 Å². The van der Waals surface area contributed by atoms with Gasteiger partial charge in [-0.1, -0.05) is 19.1 Å². The van der Waals surface area contributed by atoms with Crippen LogP contribution in [0.5, 0.6) is 0 Å². The fourth-order valence-electron chi connectivity index (χ4n) is 2.04. The van der Waals surface area contributed by atoms with Crippen molar-refractivity contribution in [3.05, 3.63) is 35.5 Å². The first kappa shape index (κ1) is 10.2. The minimum absolute atomic E-state index is 0.149. The van der Waals surface area contributed by atoms with E-state index in [0.717, 1.165) is 6.42 Å². The van der Waals surface area contributed by atoms with Crippen LogP contribution in [-0.4, -0.2) is 4.57 Å². The Bertz CT molecular complexity index is 482. The molecule has 0 amide bonds. The van der Waals surface area contributed by atoms with Crippen molar-refractivity contribution in [3.63, 3.8) is 0 Å². The van der Waals surface area contributed by atoms with E-state index in [2.05, 4.69) is 49.9 Å². The highest BCUT2D eigenvalue weighted by Crippen LogP contribution is 2.26. The fourth-order valence-corrected chi connectivity index (χ4v) is 2.04. The Morgan fingerprint density at radius 3 is 2.80 bits per heavy atom. The number of fused-ring (bicyclic) bond motifs is 1. The van der Waals surface area contributed by atoms with Gasteiger partial charge in [0.05, 0.1) is 0 Å². The summed E-state index contributed by atoms with van der Waals surface area (Å²) in [7, 11) is 2.08. The predicted molar refractivity (Wildman–Crippen MR) is 64.9 cm³/mol. The Labute approximate surface area is 90.7 Å². The quantitative estimate of drug-likeness (QED) is 0.797. The lowest BCUT2D eigenvalue weighted by Gasteiger charge is -2.06. The monoisotopic (exact) mass is 202 g/mol. The molecular weight excluding hydrogens is 184 g/mol. The SMILES string of the molecule is CC[C@H](N)c1cn(C)c2cc(C)ccc12. The number of nitrogens with two attached hydrogens (primary N) is 1. The zero-order valence-corrected chi connectivity index (χ0v) is 9.62. The van der Waals surface area contributed by atoms with E-state index in [4.69, 9.17) is 5.73 Å². The number of hydrogen-bond donors (Lipinski definition) is 1. The fraction of sp³-hybridized carbons (Fsp3) is 0.385. The van der Waals surface area contributed by atoms with E-state index in [-0.39, 0.29) is 6.04 Å². The average molecular weight is 202 g/mol. The van der Waals surface area contributed by atoms with Crippen LogP contribution < -0.4 is 5.73 Å². The lowest BCUT2D eigenvalue weighted by molar-refractivity contribution is 0.700. The number of benzene rings is 1. The van der Waals surface area contributed by atoms with Crippen LogP contribution in [0.1, 0.15) is 30.5 Å². The highest BCUT2D eigenvalue weighted by atomic mass is 14.9. The number of rotatable bonds is 2. The molecule has 0 radical (unpaired) electrons. The summed E-state index contributed by atoms with van der Waals surface area (Å²) in [4.78, 5) is 0. The Morgan fingerprint density at radius 2 is 2.13 bits per heavy atom. The highest BCUT2D eigenvalue weighted by molar-refractivity contribution is 5.85. The topological polar surface area (TPSA) is 30.9 Å². The summed E-state index contributed by atoms with van der Waals surface area (Å²) < 4.78 is 2.16. The summed E-state index contributed by atoms with van der Waals surface area (Å²) in [6.07, 6.45) is 3.13. The van der Waals surface area contributed by atoms with Crippen molar-refractivity contribution in [1.82, 2.24) is 4.57 Å². The standard InChI is InChI=1S/C13H18N2/c1-4-12(14)11-8-15(3)13-7-9(2)5-6-10(11)13/h5-8,12H,4,14H2,1-3H3/t12-/m0/s1. The van der Waals surface area contributed by atoms with E-state index in [1.807, 2.05) is 0 Å². The Balaban J connectivity index is 2.68. The third kappa shape index (κ3) is 1.65. The van der Waals surface area contributed by atoms with Crippen LogP contribution >= 0.6 is 0 Å². The molecule has 2 rings (SSSR count). The van der Waals surface area contributed by atoms with Gasteiger partial charge in [-0.05, 0) is 30.5 Å². The van der Waals surface area contributed by atoms with Crippen molar-refractivity contribution in [2.24, 2.45) is 12.8 Å². The van der Waals surface area contributed by atoms with Gasteiger partial charge in [-0.15, -0.1) is 0 Å². The summed E-state index contributed by atoms with van der Waals surface area (Å²) in [5, 5.41) is 1.29. The summed E-state index contributed by atoms with van der Waals surface area (Å²) >= 11 is 0. The maximum atomic E-state index is 6.10. The van der Waals surface area contributed by atoms with E-state index in [0.29, 0.717) is 0 Å². The van der Waals surface area contributed by atoms with Gasteiger partial charge in [0.2, 0.25) is 0 Å². The van der Waals surface area contributed by atoms with Crippen LogP contribution in [0.2, 0.25) is 0 Å². The molecule has 2 aromatic rings. The highest BCUT2D eigenvalue weighted by Gasteiger charge is 2.11. The molecular formula is C13H18N2. The summed E-state index contributed by atoms with van der Waals surface area (Å²) in [5.74, 6) is 0. The number of nitrogens with zero attached hydrogens (tertiary/aromatic N) is 1. The maximum absolute atomic E-state index is 6.10. The van der Waals surface area contributed by atoms with Crippen molar-refractivity contribution in [2.75, 3.05) is 0 Å². The minimum atomic E-state index is 0.149. The first-order valence-corrected chi connectivity index (χ1v) is 5.44. The summed E-state index contributed by atoms with van der Waals surface area (Å²) in [5.41, 5.74) is 9.92. The normalized spacial score (nSPS) is 13.3. The molecule has 2 N–H and O–H groups in total. The van der Waals surface area contributed by atoms with Crippen molar-refractivity contribution in [3.8, 4) is 0 Å². The van der Waals surface area contributed by atoms with Gasteiger partial charge in [-0.2, -0.15) is 0 Å². The van der Waals surface area contributed by atoms with Crippen molar-refractivity contribution >= 4 is 10.9 Å². The molecule has 0 saturated heterocycles. The zero-order valence-electron chi connectivity index (χ0n) is 9.62. The Morgan fingerprint density at radius 1 is 1.40 bits per heavy atom. The average Bonchev–Trinajstić information content (AvgIpc) is 2.55. The van der Waals surface area contributed by atoms with Crippen LogP contribution in [0.3, 0.4) is 0 Å². The number of aromatic nitrogens is 1. The van der Waals surface area contributed by atoms with Gasteiger partial charge in [-0.3, -0.25) is 0 Å². The summed E-state index contributed by atoms with van der Waals surface area (Å²) in [6.45, 7) is 4.24. The molecule has 1 heterocycles. The van der Waals surface area contributed by atoms with Gasteiger partial charge in [0, 0.05) is 30.2 Å². The minimum Gasteiger partial charge on any atom is -0.350 e. The number of hydrogen-bond acceptors (Lipinski definition) is 1. The van der Waals surface area contributed by atoms with Crippen molar-refractivity contribution in [2.45, 2.75) is 26.3 Å². The van der Waals surface area contributed by atoms with Crippen LogP contribution in [0.4, 0.5) is 0 Å². The van der Waals surface area contributed by atoms with Gasteiger partial charge in [-0.25, -0.2) is 0 Å². The van der Waals surface area contributed by atoms with E-state index in [1.165, 1.54) is 22.0 Å². The molecule has 1 aromatic carbocycles. The molecule has 2 heteroatoms. The summed E-state index contributed by atoms with van der Waals surface area (Å²) in [6, 6.07) is 6.68. The first-order chi connectivity index (χ1) is 7.13. The zero-order chi connectivity index (χ0) is 11.0. The van der Waals surface area contributed by atoms with Crippen LogP contribution in [0.25, 0.3) is 10.9 Å². The third-order valence-corrected chi connectivity index (χ3v) is 3.02. The maximum Gasteiger partial charge on any atom is 0.0483 e. The lowest BCUT2D eigenvalue weighted by atomic mass is 10.0. The van der Waals surface area contributed by atoms with Crippen LogP contribution in [-0.2, 0) is 7.05 Å². The first-order valence-electron chi connectivity index (χ1n) is 5.44. The molecule has 1 aromatic heterocycles. The molecule has 0 saturated carbocycles. The molecule has 1 atom stereocenters. The van der Waals surface area contributed by atoms with Crippen LogP contribution in [0, 0.1) is 6.92 Å². The molecule has 0 spiro atoms. The van der Waals surface area contributed by atoms with Gasteiger partial charge in [0.25, 0.3) is 0 Å². The van der Waals surface area contributed by atoms with Gasteiger partial charge >= 0.3 is 0 Å². The second kappa shape index (κ2) is 3.70. The Kier molecular flexibility index (Phi) is 2.53.